The molecule has 3 nitrogen and oxygen atoms in total. The van der Waals surface area contributed by atoms with Gasteiger partial charge in [0.15, 0.2) is 11.5 Å². The minimum atomic E-state index is 0.343. The molecule has 20 heavy (non-hydrogen) atoms. The molecule has 2 atom stereocenters. The first kappa shape index (κ1) is 15.2. The molecule has 0 aliphatic carbocycles. The number of benzene rings is 1. The lowest BCUT2D eigenvalue weighted by Crippen LogP contribution is -2.25. The third-order valence-electron chi connectivity index (χ3n) is 4.15. The summed E-state index contributed by atoms with van der Waals surface area (Å²) in [6, 6.07) is 6.57. The molecule has 1 aromatic carbocycles. The maximum atomic E-state index is 5.44. The molecule has 1 aromatic rings. The smallest absolute Gasteiger partial charge is 0.231 e. The van der Waals surface area contributed by atoms with Crippen molar-refractivity contribution < 1.29 is 9.47 Å². The topological polar surface area (TPSA) is 30.5 Å². The van der Waals surface area contributed by atoms with Crippen LogP contribution in [0.3, 0.4) is 0 Å². The summed E-state index contributed by atoms with van der Waals surface area (Å²) in [4.78, 5) is 0. The van der Waals surface area contributed by atoms with Gasteiger partial charge in [-0.05, 0) is 43.5 Å². The highest BCUT2D eigenvalue weighted by Gasteiger charge is 2.16. The lowest BCUT2D eigenvalue weighted by molar-refractivity contribution is 0.174. The van der Waals surface area contributed by atoms with Crippen molar-refractivity contribution in [2.24, 2.45) is 5.92 Å². The van der Waals surface area contributed by atoms with Gasteiger partial charge in [0, 0.05) is 6.04 Å². The molecule has 0 radical (unpaired) electrons. The number of unbranched alkanes of at least 4 members (excludes halogenated alkanes) is 1. The Morgan fingerprint density at radius 3 is 2.75 bits per heavy atom. The number of nitrogens with one attached hydrogen (secondary N) is 1. The Kier molecular flexibility index (Phi) is 5.72. The molecule has 0 aromatic heterocycles. The minimum Gasteiger partial charge on any atom is -0.454 e. The molecule has 0 spiro atoms. The van der Waals surface area contributed by atoms with Gasteiger partial charge in [-0.2, -0.15) is 0 Å². The third kappa shape index (κ3) is 3.89. The predicted octanol–water partition coefficient (Wildman–Crippen LogP) is 4.28. The van der Waals surface area contributed by atoms with Crippen LogP contribution in [-0.2, 0) is 0 Å². The van der Waals surface area contributed by atoms with Crippen LogP contribution in [0.25, 0.3) is 0 Å². The fourth-order valence-electron chi connectivity index (χ4n) is 2.59. The molecule has 1 heterocycles. The molecule has 0 fully saturated rings. The highest BCUT2D eigenvalue weighted by Crippen LogP contribution is 2.34. The molecule has 1 aliphatic rings. The van der Waals surface area contributed by atoms with Gasteiger partial charge in [-0.15, -0.1) is 0 Å². The van der Waals surface area contributed by atoms with Crippen LogP contribution in [0.1, 0.15) is 58.1 Å². The summed E-state index contributed by atoms with van der Waals surface area (Å²) in [7, 11) is 0. The van der Waals surface area contributed by atoms with Gasteiger partial charge in [-0.3, -0.25) is 0 Å². The van der Waals surface area contributed by atoms with Crippen molar-refractivity contribution in [2.45, 2.75) is 52.5 Å². The largest absolute Gasteiger partial charge is 0.454 e. The average Bonchev–Trinajstić information content (AvgIpc) is 2.94. The fourth-order valence-corrected chi connectivity index (χ4v) is 2.59. The number of fused-ring (bicyclic) bond motifs is 1. The van der Waals surface area contributed by atoms with Crippen LogP contribution >= 0.6 is 0 Å². The molecule has 3 heteroatoms. The van der Waals surface area contributed by atoms with Crippen LogP contribution in [-0.4, -0.2) is 13.3 Å². The van der Waals surface area contributed by atoms with Gasteiger partial charge in [-0.1, -0.05) is 39.2 Å². The summed E-state index contributed by atoms with van der Waals surface area (Å²) in [5.41, 5.74) is 1.26. The molecule has 0 bridgehead atoms. The number of ether oxygens (including phenoxy) is 2. The molecule has 1 aliphatic heterocycles. The molecule has 2 rings (SSSR count). The van der Waals surface area contributed by atoms with Gasteiger partial charge in [0.25, 0.3) is 0 Å². The summed E-state index contributed by atoms with van der Waals surface area (Å²) >= 11 is 0. The monoisotopic (exact) mass is 277 g/mol. The van der Waals surface area contributed by atoms with E-state index >= 15 is 0 Å². The van der Waals surface area contributed by atoms with E-state index in [9.17, 15) is 0 Å². The number of hydrogen-bond acceptors (Lipinski definition) is 3. The quantitative estimate of drug-likeness (QED) is 0.769. The molecule has 0 amide bonds. The van der Waals surface area contributed by atoms with Crippen molar-refractivity contribution in [1.29, 1.82) is 0 Å². The van der Waals surface area contributed by atoms with Crippen LogP contribution in [0.4, 0.5) is 0 Å². The van der Waals surface area contributed by atoms with Gasteiger partial charge in [0.2, 0.25) is 6.79 Å². The maximum Gasteiger partial charge on any atom is 0.231 e. The van der Waals surface area contributed by atoms with Crippen LogP contribution < -0.4 is 14.8 Å². The Bertz CT molecular complexity index is 419. The summed E-state index contributed by atoms with van der Waals surface area (Å²) in [5.74, 6) is 2.51. The van der Waals surface area contributed by atoms with Gasteiger partial charge in [0.1, 0.15) is 0 Å². The second-order valence-corrected chi connectivity index (χ2v) is 5.66. The SMILES string of the molecule is CCCCC(CC)CNC(C)c1ccc2c(c1)OCO2. The summed E-state index contributed by atoms with van der Waals surface area (Å²) in [6.45, 7) is 8.19. The van der Waals surface area contributed by atoms with E-state index in [0.29, 0.717) is 12.8 Å². The second kappa shape index (κ2) is 7.53. The van der Waals surface area contributed by atoms with E-state index in [4.69, 9.17) is 9.47 Å². The van der Waals surface area contributed by atoms with Crippen molar-refractivity contribution in [3.63, 3.8) is 0 Å². The van der Waals surface area contributed by atoms with Crippen molar-refractivity contribution >= 4 is 0 Å². The Labute approximate surface area is 122 Å². The Morgan fingerprint density at radius 2 is 2.00 bits per heavy atom. The van der Waals surface area contributed by atoms with Crippen molar-refractivity contribution in [2.75, 3.05) is 13.3 Å². The van der Waals surface area contributed by atoms with Crippen molar-refractivity contribution in [1.82, 2.24) is 5.32 Å². The van der Waals surface area contributed by atoms with E-state index in [0.717, 1.165) is 24.0 Å². The predicted molar refractivity (Wildman–Crippen MR) is 82.3 cm³/mol. The Morgan fingerprint density at radius 1 is 1.20 bits per heavy atom. The lowest BCUT2D eigenvalue weighted by Gasteiger charge is -2.20. The van der Waals surface area contributed by atoms with Crippen LogP contribution in [0.5, 0.6) is 11.5 Å². The zero-order chi connectivity index (χ0) is 14.4. The molecule has 2 unspecified atom stereocenters. The number of hydrogen-bond donors (Lipinski definition) is 1. The third-order valence-corrected chi connectivity index (χ3v) is 4.15. The molecule has 112 valence electrons. The second-order valence-electron chi connectivity index (χ2n) is 5.66. The molecule has 1 N–H and O–H groups in total. The normalized spacial score (nSPS) is 16.1. The maximum absolute atomic E-state index is 5.44. The molecule has 0 saturated carbocycles. The number of rotatable bonds is 8. The van der Waals surface area contributed by atoms with E-state index < -0.39 is 0 Å². The summed E-state index contributed by atoms with van der Waals surface area (Å²) in [5, 5.41) is 3.65. The zero-order valence-electron chi connectivity index (χ0n) is 12.9. The summed E-state index contributed by atoms with van der Waals surface area (Å²) in [6.07, 6.45) is 5.20. The van der Waals surface area contributed by atoms with Gasteiger partial charge < -0.3 is 14.8 Å². The van der Waals surface area contributed by atoms with Crippen molar-refractivity contribution in [3.8, 4) is 11.5 Å². The van der Waals surface area contributed by atoms with Gasteiger partial charge in [-0.25, -0.2) is 0 Å². The fraction of sp³-hybridized carbons (Fsp3) is 0.647. The first-order valence-corrected chi connectivity index (χ1v) is 7.87. The average molecular weight is 277 g/mol. The molecule has 0 saturated heterocycles. The van der Waals surface area contributed by atoms with Crippen LogP contribution in [0.2, 0.25) is 0 Å². The van der Waals surface area contributed by atoms with E-state index in [1.54, 1.807) is 0 Å². The van der Waals surface area contributed by atoms with Gasteiger partial charge in [0.05, 0.1) is 0 Å². The molecular weight excluding hydrogens is 250 g/mol. The minimum absolute atomic E-state index is 0.343. The Hall–Kier alpha value is -1.22. The standard InChI is InChI=1S/C17H27NO2/c1-4-6-7-14(5-2)11-18-13(3)15-8-9-16-17(10-15)20-12-19-16/h8-10,13-14,18H,4-7,11-12H2,1-3H3. The Balaban J connectivity index is 1.86. The zero-order valence-corrected chi connectivity index (χ0v) is 12.9. The lowest BCUT2D eigenvalue weighted by atomic mass is 9.98. The van der Waals surface area contributed by atoms with Gasteiger partial charge >= 0.3 is 0 Å². The van der Waals surface area contributed by atoms with Crippen LogP contribution in [0, 0.1) is 5.92 Å². The first-order valence-electron chi connectivity index (χ1n) is 7.87. The van der Waals surface area contributed by atoms with E-state index in [1.165, 1.54) is 31.2 Å². The first-order chi connectivity index (χ1) is 9.74. The van der Waals surface area contributed by atoms with E-state index in [1.807, 2.05) is 6.07 Å². The highest BCUT2D eigenvalue weighted by molar-refractivity contribution is 5.45. The summed E-state index contributed by atoms with van der Waals surface area (Å²) < 4.78 is 10.8. The van der Waals surface area contributed by atoms with Crippen LogP contribution in [0.15, 0.2) is 18.2 Å². The van der Waals surface area contributed by atoms with E-state index in [-0.39, 0.29) is 0 Å². The van der Waals surface area contributed by atoms with Crippen molar-refractivity contribution in [3.05, 3.63) is 23.8 Å². The highest BCUT2D eigenvalue weighted by atomic mass is 16.7. The van der Waals surface area contributed by atoms with E-state index in [2.05, 4.69) is 38.2 Å². The molecular formula is C17H27NO2.